The van der Waals surface area contributed by atoms with Crippen molar-refractivity contribution in [1.82, 2.24) is 36.0 Å². The number of aliphatic hydroxyl groups excluding tert-OH is 4. The molecule has 10 N–H and O–H groups in total. The summed E-state index contributed by atoms with van der Waals surface area (Å²) in [5.41, 5.74) is 0.744. The number of carbonyl (C=O) groups excluding carboxylic acids is 8. The van der Waals surface area contributed by atoms with Crippen LogP contribution >= 0.6 is 0 Å². The van der Waals surface area contributed by atoms with E-state index in [2.05, 4.69) is 38.4 Å². The third-order valence-electron chi connectivity index (χ3n) is 20.5. The number of likely N-dealkylation sites (N-methyl/N-ethyl adjacent to an activating group) is 2. The number of carbonyl (C=O) groups is 9. The van der Waals surface area contributed by atoms with Crippen molar-refractivity contribution in [1.29, 1.82) is 0 Å². The van der Waals surface area contributed by atoms with Gasteiger partial charge in [-0.15, -0.1) is 11.8 Å². The van der Waals surface area contributed by atoms with E-state index in [0.29, 0.717) is 75.5 Å². The Bertz CT molecular complexity index is 3250. The zero-order chi connectivity index (χ0) is 78.6. The normalized spacial score (nSPS) is 22.9. The Balaban J connectivity index is 1.00. The Kier molecular flexibility index (Phi) is 36.3. The summed E-state index contributed by atoms with van der Waals surface area (Å²) in [5.74, 6) is 1.15. The molecule has 6 rings (SSSR count). The number of methoxy groups -OCH3 is 2. The van der Waals surface area contributed by atoms with Crippen LogP contribution in [0.3, 0.4) is 0 Å². The van der Waals surface area contributed by atoms with Gasteiger partial charge < -0.3 is 105 Å². The van der Waals surface area contributed by atoms with Gasteiger partial charge in [0, 0.05) is 84.9 Å². The number of nitrogens with zero attached hydrogens (tertiary/aromatic N) is 3. The fraction of sp³-hybridized carbons (Fsp3) is 0.697. The minimum atomic E-state index is -2.04. The molecule has 4 aliphatic rings. The van der Waals surface area contributed by atoms with Crippen molar-refractivity contribution in [3.63, 3.8) is 0 Å². The van der Waals surface area contributed by atoms with Crippen LogP contribution < -0.4 is 31.3 Å². The van der Waals surface area contributed by atoms with Gasteiger partial charge in [-0.25, -0.2) is 14.4 Å². The van der Waals surface area contributed by atoms with Crippen molar-refractivity contribution < 1.29 is 111 Å². The van der Waals surface area contributed by atoms with Crippen LogP contribution in [-0.2, 0) is 78.1 Å². The first kappa shape index (κ1) is 88.1. The maximum Gasteiger partial charge on any atom is 0.410 e. The van der Waals surface area contributed by atoms with Crippen molar-refractivity contribution in [3.8, 4) is 17.6 Å². The predicted octanol–water partition coefficient (Wildman–Crippen LogP) is 3.90. The lowest BCUT2D eigenvalue weighted by Gasteiger charge is -2.41. The van der Waals surface area contributed by atoms with E-state index in [4.69, 9.17) is 42.6 Å². The van der Waals surface area contributed by atoms with Crippen LogP contribution in [0.25, 0.3) is 0 Å². The number of carboxylic acid groups (broad SMARTS) is 1. The van der Waals surface area contributed by atoms with Crippen LogP contribution in [0, 0.1) is 53.3 Å². The molecule has 2 heterocycles. The number of benzene rings is 2. The summed E-state index contributed by atoms with van der Waals surface area (Å²) in [6.45, 7) is 16.3. The van der Waals surface area contributed by atoms with E-state index < -0.39 is 145 Å². The van der Waals surface area contributed by atoms with Gasteiger partial charge in [-0.2, -0.15) is 0 Å². The molecule has 598 valence electrons. The molecule has 31 nitrogen and oxygen atoms in total. The third-order valence-corrected chi connectivity index (χ3v) is 20.5. The zero-order valence-electron chi connectivity index (χ0n) is 63.9. The summed E-state index contributed by atoms with van der Waals surface area (Å²) in [6, 6.07) is 8.71. The Labute approximate surface area is 627 Å². The molecule has 2 aromatic rings. The first-order valence-electron chi connectivity index (χ1n) is 37.3. The van der Waals surface area contributed by atoms with Crippen LogP contribution in [0.5, 0.6) is 5.75 Å². The number of fused-ring (bicyclic) bond motifs is 1. The molecular formula is C76H116N8O23. The van der Waals surface area contributed by atoms with Crippen LogP contribution in [0.1, 0.15) is 137 Å². The number of alkyl carbamates (subject to hydrolysis) is 1. The smallest absolute Gasteiger partial charge is 0.410 e. The number of amides is 8. The summed E-state index contributed by atoms with van der Waals surface area (Å²) in [5, 5.41) is 66.4. The number of ether oxygens (including phenoxy) is 9. The number of nitrogens with one attached hydrogen (secondary N) is 5. The number of carboxylic acids is 1. The Morgan fingerprint density at radius 1 is 0.710 bits per heavy atom. The molecule has 0 spiro atoms. The van der Waals surface area contributed by atoms with E-state index in [1.807, 2.05) is 19.9 Å². The summed E-state index contributed by atoms with van der Waals surface area (Å²) in [7, 11) is 5.87. The third kappa shape index (κ3) is 25.9. The summed E-state index contributed by atoms with van der Waals surface area (Å²) >= 11 is 0. The number of likely N-dealkylation sites (tertiary alicyclic amines) is 1. The lowest BCUT2D eigenvalue weighted by molar-refractivity contribution is -0.271. The van der Waals surface area contributed by atoms with Gasteiger partial charge in [-0.3, -0.25) is 33.7 Å². The Hall–Kier alpha value is -7.77. The topological polar surface area (TPSA) is 408 Å². The van der Waals surface area contributed by atoms with Gasteiger partial charge in [-0.1, -0.05) is 85.2 Å². The molecule has 2 aromatic carbocycles. The van der Waals surface area contributed by atoms with Gasteiger partial charge in [0.25, 0.3) is 0 Å². The quantitative estimate of drug-likeness (QED) is 0.0332. The molecule has 2 aliphatic carbocycles. The maximum atomic E-state index is 15.0. The fourth-order valence-corrected chi connectivity index (χ4v) is 14.2. The zero-order valence-corrected chi connectivity index (χ0v) is 63.9. The minimum Gasteiger partial charge on any atom is -0.479 e. The summed E-state index contributed by atoms with van der Waals surface area (Å²) < 4.78 is 51.1. The molecule has 0 bridgehead atoms. The van der Waals surface area contributed by atoms with Crippen LogP contribution in [0.4, 0.5) is 15.3 Å². The van der Waals surface area contributed by atoms with Crippen molar-refractivity contribution >= 4 is 59.3 Å². The molecule has 31 heteroatoms. The van der Waals surface area contributed by atoms with E-state index in [0.717, 1.165) is 30.6 Å². The molecule has 2 aliphatic heterocycles. The number of aliphatic carboxylic acids is 1. The molecule has 8 amide bonds. The lowest BCUT2D eigenvalue weighted by Crippen LogP contribution is -2.61. The van der Waals surface area contributed by atoms with E-state index in [9.17, 15) is 68.7 Å². The molecule has 0 aromatic heterocycles. The molecule has 2 saturated heterocycles. The second-order valence-corrected chi connectivity index (χ2v) is 28.7. The first-order chi connectivity index (χ1) is 51.0. The van der Waals surface area contributed by atoms with Crippen molar-refractivity contribution in [2.45, 2.75) is 205 Å². The highest BCUT2D eigenvalue weighted by Crippen LogP contribution is 2.52. The standard InChI is InChI=1S/C76H116N8O23/c1-13-46(6)63(57(99-11)41-60(87)84-33-21-26-55(84)68(100-12)47(7)70(92)79-48(8)64(88)49-22-17-16-18-23-49)82(9)72(94)61(44(2)3)81-71(93)62(45(4)5)83(10)76(98)105-42-50-40-51(27-28-56(50)106-74-67(91)65(89)66(90)69(107-74)73(95)96)80-59(86)30-29-58(85)77-31-34-101-36-38-103-39-37-102-35-32-78-75(97)104-43-54-52-24-19-14-15-20-25-53(52)54/h16-18,22-23,27-28,40,44-48,52-55,57,61-69,74,88-91H,13,19-21,24-26,29-39,41-43H2,1-12H3,(H,77,85)(H,78,97)(H,79,92)(H,80,86)(H,81,93)(H,95,96)/t46-,47+,48+,52-,53+,54?,55-,57+,61-,62-,63-,64+,65-,66-,67?,68+,69?,74+/m0/s1. The molecule has 3 fully saturated rings. The Morgan fingerprint density at radius 2 is 1.34 bits per heavy atom. The highest BCUT2D eigenvalue weighted by atomic mass is 16.7. The second kappa shape index (κ2) is 44.0. The number of hydrogen-bond donors (Lipinski definition) is 10. The maximum absolute atomic E-state index is 15.0. The summed E-state index contributed by atoms with van der Waals surface area (Å²) in [4.78, 5) is 127. The van der Waals surface area contributed by atoms with Gasteiger partial charge in [0.05, 0.1) is 95.0 Å². The van der Waals surface area contributed by atoms with E-state index >= 15 is 0 Å². The van der Waals surface area contributed by atoms with E-state index in [1.54, 1.807) is 77.8 Å². The molecule has 18 atom stereocenters. The van der Waals surface area contributed by atoms with Gasteiger partial charge in [0.1, 0.15) is 42.8 Å². The highest BCUT2D eigenvalue weighted by Gasteiger charge is 2.51. The van der Waals surface area contributed by atoms with E-state index in [-0.39, 0.29) is 87.0 Å². The van der Waals surface area contributed by atoms with Gasteiger partial charge in [0.2, 0.25) is 41.7 Å². The van der Waals surface area contributed by atoms with Crippen LogP contribution in [0.2, 0.25) is 0 Å². The average molecular weight is 1510 g/mol. The fourth-order valence-electron chi connectivity index (χ4n) is 14.2. The monoisotopic (exact) mass is 1510 g/mol. The van der Waals surface area contributed by atoms with Crippen LogP contribution in [-0.4, -0.2) is 261 Å². The Morgan fingerprint density at radius 3 is 1.93 bits per heavy atom. The molecule has 3 unspecified atom stereocenters. The van der Waals surface area contributed by atoms with Gasteiger partial charge in [0.15, 0.2) is 6.10 Å². The summed E-state index contributed by atoms with van der Waals surface area (Å²) in [6.07, 6.45) is -8.96. The largest absolute Gasteiger partial charge is 0.479 e. The number of aliphatic hydroxyl groups is 4. The number of rotatable bonds is 43. The van der Waals surface area contributed by atoms with Crippen LogP contribution in [0.15, 0.2) is 48.5 Å². The molecule has 107 heavy (non-hydrogen) atoms. The molecular weight excluding hydrogens is 1390 g/mol. The van der Waals surface area contributed by atoms with Gasteiger partial charge >= 0.3 is 18.2 Å². The van der Waals surface area contributed by atoms with Crippen molar-refractivity contribution in [2.75, 3.05) is 99.5 Å². The second-order valence-electron chi connectivity index (χ2n) is 28.7. The highest BCUT2D eigenvalue weighted by molar-refractivity contribution is 5.94. The minimum absolute atomic E-state index is 0.0117. The lowest BCUT2D eigenvalue weighted by atomic mass is 9.89. The predicted molar refractivity (Wildman–Crippen MR) is 389 cm³/mol. The van der Waals surface area contributed by atoms with E-state index in [1.165, 1.54) is 44.4 Å². The SMILES string of the molecule is CC[C@H](C)[C@@H]([C@@H](CC(=O)N1CCC[C@H]1[C@H](OC)[C@@H](C)C(=O)N[C@H](C)[C@@H](O)c1ccccc1)OC)N(C)C(=O)[C@@H](NC(=O)[C@H](C(C)C)N(C)C(=O)OCc1cc(NC(=O)CCC(=O)NCCOCCOCCOCCNC(=O)OCC2[C@H]3CCC#CCC[C@@H]23)ccc1O[C@@H]1OC(C(=O)O)[C@@H](O)[C@H](O)C1O)C(C)C. The van der Waals surface area contributed by atoms with Gasteiger partial charge in [-0.05, 0) is 91.9 Å². The molecule has 1 saturated carbocycles. The number of anilines is 1. The van der Waals surface area contributed by atoms with Crippen molar-refractivity contribution in [2.24, 2.45) is 41.4 Å². The van der Waals surface area contributed by atoms with Crippen molar-refractivity contribution in [3.05, 3.63) is 59.7 Å². The average Bonchev–Trinajstić information content (AvgIpc) is 1.62. The molecule has 0 radical (unpaired) electrons. The number of hydrogen-bond acceptors (Lipinski definition) is 22. The first-order valence-corrected chi connectivity index (χ1v) is 37.3.